The van der Waals surface area contributed by atoms with Crippen LogP contribution in [0.3, 0.4) is 0 Å². The number of nitrogens with one attached hydrogen (secondary N) is 1. The first-order valence-electron chi connectivity index (χ1n) is 13.2. The normalized spacial score (nSPS) is 17.7. The molecule has 0 aromatic heterocycles. The highest BCUT2D eigenvalue weighted by Crippen LogP contribution is 2.41. The summed E-state index contributed by atoms with van der Waals surface area (Å²) in [5.41, 5.74) is 0.900. The average Bonchev–Trinajstić information content (AvgIpc) is 3.60. The fourth-order valence-corrected chi connectivity index (χ4v) is 4.43. The first kappa shape index (κ1) is 27.9. The predicted molar refractivity (Wildman–Crippen MR) is 144 cm³/mol. The molecule has 3 amide bonds. The van der Waals surface area contributed by atoms with Gasteiger partial charge < -0.3 is 24.2 Å². The van der Waals surface area contributed by atoms with Gasteiger partial charge in [0.05, 0.1) is 19.4 Å². The summed E-state index contributed by atoms with van der Waals surface area (Å²) in [4.78, 5) is 37.7. The van der Waals surface area contributed by atoms with Gasteiger partial charge >= 0.3 is 6.09 Å². The molecule has 1 aliphatic heterocycles. The van der Waals surface area contributed by atoms with Gasteiger partial charge in [-0.05, 0) is 69.7 Å². The Kier molecular flexibility index (Phi) is 9.03. The van der Waals surface area contributed by atoms with Gasteiger partial charge in [-0.2, -0.15) is 0 Å². The van der Waals surface area contributed by atoms with Crippen LogP contribution in [0, 0.1) is 0 Å². The summed E-state index contributed by atoms with van der Waals surface area (Å²) in [6.07, 6.45) is 5.56. The molecular weight excluding hydrogens is 500 g/mol. The highest BCUT2D eigenvalue weighted by atomic mass is 16.6. The molecule has 206 valence electrons. The highest BCUT2D eigenvalue weighted by molar-refractivity contribution is 5.99. The first-order chi connectivity index (χ1) is 18.8. The number of nitrogens with zero attached hydrogens (tertiary/aromatic N) is 1. The van der Waals surface area contributed by atoms with Crippen molar-refractivity contribution in [2.75, 3.05) is 6.61 Å². The van der Waals surface area contributed by atoms with E-state index in [-0.39, 0.29) is 18.4 Å². The molecule has 0 bridgehead atoms. The van der Waals surface area contributed by atoms with Gasteiger partial charge in [-0.25, -0.2) is 4.79 Å². The number of cyclic esters (lactones) is 1. The number of alkyl carbamates (subject to hydrolysis) is 1. The number of amides is 3. The number of carbonyl (C=O) groups is 3. The molecule has 1 saturated carbocycles. The lowest BCUT2D eigenvalue weighted by atomic mass is 10.1. The second kappa shape index (κ2) is 12.6. The van der Waals surface area contributed by atoms with Crippen molar-refractivity contribution in [1.82, 2.24) is 10.2 Å². The number of rotatable bonds is 14. The lowest BCUT2D eigenvalue weighted by molar-refractivity contribution is -0.123. The van der Waals surface area contributed by atoms with Crippen molar-refractivity contribution in [3.8, 4) is 5.75 Å². The molecule has 2 N–H and O–H groups in total. The van der Waals surface area contributed by atoms with E-state index in [9.17, 15) is 19.5 Å². The minimum absolute atomic E-state index is 0.203. The quantitative estimate of drug-likeness (QED) is 0.201. The third-order valence-corrected chi connectivity index (χ3v) is 6.77. The molecule has 0 spiro atoms. The van der Waals surface area contributed by atoms with Gasteiger partial charge in [0.15, 0.2) is 6.10 Å². The van der Waals surface area contributed by atoms with Gasteiger partial charge in [0.25, 0.3) is 11.8 Å². The van der Waals surface area contributed by atoms with Crippen molar-refractivity contribution in [2.24, 2.45) is 0 Å². The van der Waals surface area contributed by atoms with Crippen LogP contribution in [0.1, 0.15) is 66.9 Å². The number of hydrogen-bond donors (Lipinski definition) is 2. The molecule has 0 radical (unpaired) electrons. The molecule has 1 atom stereocenters. The lowest BCUT2D eigenvalue weighted by Crippen LogP contribution is -2.41. The Balaban J connectivity index is 1.35. The van der Waals surface area contributed by atoms with E-state index < -0.39 is 17.9 Å². The van der Waals surface area contributed by atoms with Crippen LogP contribution in [-0.4, -0.2) is 46.3 Å². The maximum atomic E-state index is 13.5. The van der Waals surface area contributed by atoms with Crippen molar-refractivity contribution in [1.29, 1.82) is 0 Å². The van der Waals surface area contributed by atoms with Crippen molar-refractivity contribution in [3.05, 3.63) is 84.1 Å². The van der Waals surface area contributed by atoms with E-state index in [2.05, 4.69) is 11.9 Å². The fourth-order valence-electron chi connectivity index (χ4n) is 4.43. The summed E-state index contributed by atoms with van der Waals surface area (Å²) >= 11 is 0. The van der Waals surface area contributed by atoms with Crippen molar-refractivity contribution >= 4 is 23.7 Å². The molecule has 9 nitrogen and oxygen atoms in total. The highest BCUT2D eigenvalue weighted by Gasteiger charge is 2.49. The van der Waals surface area contributed by atoms with E-state index in [1.165, 1.54) is 11.2 Å². The molecule has 2 fully saturated rings. The Morgan fingerprint density at radius 1 is 1.13 bits per heavy atom. The molecule has 2 aromatic rings. The van der Waals surface area contributed by atoms with Crippen LogP contribution in [0.25, 0.3) is 5.76 Å². The standard InChI is InChI=1S/C30H34N2O7/c1-3-24(37-4-2)21-13-15-22(16-14-21)28(34)32(30(36)17-18-30)20-23-10-7-8-11-25(23)38-19-9-5-6-12-26-27(33)31-29(35)39-26/h3-4,7-8,10-11,13-16,26,36H,2,5-6,9,12,17-20H2,1H3,(H,31,33,35)/b24-3-. The van der Waals surface area contributed by atoms with Gasteiger partial charge in [-0.1, -0.05) is 36.9 Å². The number of ether oxygens (including phenoxy) is 3. The lowest BCUT2D eigenvalue weighted by Gasteiger charge is -2.29. The van der Waals surface area contributed by atoms with Crippen molar-refractivity contribution in [3.63, 3.8) is 0 Å². The Hall–Kier alpha value is -4.11. The number of aliphatic hydroxyl groups is 1. The van der Waals surface area contributed by atoms with Gasteiger partial charge in [0.2, 0.25) is 0 Å². The molecule has 1 aliphatic carbocycles. The van der Waals surface area contributed by atoms with Gasteiger partial charge in [0.1, 0.15) is 17.2 Å². The fraction of sp³-hybridized carbons (Fsp3) is 0.367. The molecule has 1 saturated heterocycles. The van der Waals surface area contributed by atoms with E-state index >= 15 is 0 Å². The number of para-hydroxylation sites is 1. The summed E-state index contributed by atoms with van der Waals surface area (Å²) < 4.78 is 16.4. The second-order valence-electron chi connectivity index (χ2n) is 9.58. The van der Waals surface area contributed by atoms with Crippen LogP contribution in [0.5, 0.6) is 5.75 Å². The Morgan fingerprint density at radius 2 is 1.85 bits per heavy atom. The molecule has 2 aliphatic rings. The number of benzene rings is 2. The molecular formula is C30H34N2O7. The summed E-state index contributed by atoms with van der Waals surface area (Å²) in [6.45, 7) is 6.10. The third-order valence-electron chi connectivity index (χ3n) is 6.77. The molecule has 1 unspecified atom stereocenters. The largest absolute Gasteiger partial charge is 0.493 e. The number of imide groups is 1. The molecule has 2 aromatic carbocycles. The first-order valence-corrected chi connectivity index (χ1v) is 13.2. The zero-order chi connectivity index (χ0) is 27.8. The minimum Gasteiger partial charge on any atom is -0.493 e. The van der Waals surface area contributed by atoms with Crippen LogP contribution in [0.4, 0.5) is 4.79 Å². The van der Waals surface area contributed by atoms with Crippen LogP contribution in [-0.2, 0) is 20.8 Å². The Labute approximate surface area is 228 Å². The average molecular weight is 535 g/mol. The number of hydrogen-bond acceptors (Lipinski definition) is 7. The van der Waals surface area contributed by atoms with E-state index in [0.29, 0.717) is 42.9 Å². The summed E-state index contributed by atoms with van der Waals surface area (Å²) in [6, 6.07) is 14.6. The van der Waals surface area contributed by atoms with Gasteiger partial charge in [0, 0.05) is 16.7 Å². The summed E-state index contributed by atoms with van der Waals surface area (Å²) in [5, 5.41) is 13.1. The summed E-state index contributed by atoms with van der Waals surface area (Å²) in [7, 11) is 0. The van der Waals surface area contributed by atoms with E-state index in [0.717, 1.165) is 30.4 Å². The molecule has 4 rings (SSSR count). The van der Waals surface area contributed by atoms with Crippen molar-refractivity contribution < 1.29 is 33.7 Å². The predicted octanol–water partition coefficient (Wildman–Crippen LogP) is 4.91. The van der Waals surface area contributed by atoms with Gasteiger partial charge in [-0.3, -0.25) is 14.9 Å². The van der Waals surface area contributed by atoms with Crippen molar-refractivity contribution in [2.45, 2.75) is 63.8 Å². The van der Waals surface area contributed by atoms with E-state index in [1.54, 1.807) is 24.3 Å². The maximum Gasteiger partial charge on any atom is 0.414 e. The molecule has 39 heavy (non-hydrogen) atoms. The number of unbranched alkanes of at least 4 members (excludes halogenated alkanes) is 2. The van der Waals surface area contributed by atoms with Crippen LogP contribution in [0.2, 0.25) is 0 Å². The van der Waals surface area contributed by atoms with Crippen LogP contribution < -0.4 is 10.1 Å². The summed E-state index contributed by atoms with van der Waals surface area (Å²) in [5.74, 6) is 0.639. The maximum absolute atomic E-state index is 13.5. The van der Waals surface area contributed by atoms with Crippen LogP contribution in [0.15, 0.2) is 67.4 Å². The van der Waals surface area contributed by atoms with Crippen LogP contribution >= 0.6 is 0 Å². The SMILES string of the molecule is C=CO/C(=C\C)c1ccc(C(=O)N(Cc2ccccc2OCCCCCC2OC(=O)NC2=O)C2(O)CC2)cc1. The smallest absolute Gasteiger partial charge is 0.414 e. The number of carbonyl (C=O) groups excluding carboxylic acids is 3. The topological polar surface area (TPSA) is 114 Å². The molecule has 1 heterocycles. The molecule has 9 heteroatoms. The van der Waals surface area contributed by atoms with Gasteiger partial charge in [-0.15, -0.1) is 0 Å². The van der Waals surface area contributed by atoms with E-state index in [4.69, 9.17) is 14.2 Å². The second-order valence-corrected chi connectivity index (χ2v) is 9.58. The zero-order valence-electron chi connectivity index (χ0n) is 22.1. The minimum atomic E-state index is -1.18. The Bertz CT molecular complexity index is 1230. The monoisotopic (exact) mass is 534 g/mol. The number of allylic oxidation sites excluding steroid dienone is 1. The van der Waals surface area contributed by atoms with E-state index in [1.807, 2.05) is 37.3 Å². The zero-order valence-corrected chi connectivity index (χ0v) is 22.1. The Morgan fingerprint density at radius 3 is 2.49 bits per heavy atom. The third kappa shape index (κ3) is 7.06.